The first-order valence-electron chi connectivity index (χ1n) is 5.79. The number of halogens is 2. The normalized spacial score (nSPS) is 9.90. The minimum atomic E-state index is -0.425. The first-order chi connectivity index (χ1) is 9.63. The molecule has 2 aromatic carbocycles. The number of hydrogen-bond acceptors (Lipinski definition) is 3. The molecule has 2 rings (SSSR count). The molecule has 2 aromatic rings. The maximum atomic E-state index is 12.9. The zero-order valence-corrected chi connectivity index (χ0v) is 11.4. The molecule has 0 amide bonds. The predicted molar refractivity (Wildman–Crippen MR) is 73.5 cm³/mol. The SMILES string of the molecule is COc1ccc(C#N)cc1COc1ccc(F)cc1Cl. The molecular formula is C15H11ClFNO2. The maximum Gasteiger partial charge on any atom is 0.138 e. The first-order valence-corrected chi connectivity index (χ1v) is 6.16. The van der Waals surface area contributed by atoms with Gasteiger partial charge in [-0.2, -0.15) is 5.26 Å². The summed E-state index contributed by atoms with van der Waals surface area (Å²) in [6, 6.07) is 11.0. The summed E-state index contributed by atoms with van der Waals surface area (Å²) in [5, 5.41) is 9.09. The van der Waals surface area contributed by atoms with Crippen molar-refractivity contribution >= 4 is 11.6 Å². The smallest absolute Gasteiger partial charge is 0.138 e. The Morgan fingerprint density at radius 1 is 1.20 bits per heavy atom. The van der Waals surface area contributed by atoms with Crippen LogP contribution in [-0.4, -0.2) is 7.11 Å². The van der Waals surface area contributed by atoms with Crippen LogP contribution in [0.2, 0.25) is 5.02 Å². The summed E-state index contributed by atoms with van der Waals surface area (Å²) in [6.45, 7) is 0.171. The van der Waals surface area contributed by atoms with Crippen molar-refractivity contribution in [2.24, 2.45) is 0 Å². The van der Waals surface area contributed by atoms with Crippen LogP contribution in [-0.2, 0) is 6.61 Å². The largest absolute Gasteiger partial charge is 0.496 e. The van der Waals surface area contributed by atoms with Crippen LogP contribution in [0.15, 0.2) is 36.4 Å². The minimum absolute atomic E-state index is 0.171. The second-order valence-corrected chi connectivity index (χ2v) is 4.41. The fraction of sp³-hybridized carbons (Fsp3) is 0.133. The molecule has 0 aliphatic heterocycles. The molecule has 0 saturated carbocycles. The lowest BCUT2D eigenvalue weighted by Gasteiger charge is -2.11. The van der Waals surface area contributed by atoms with E-state index in [1.54, 1.807) is 18.2 Å². The summed E-state index contributed by atoms with van der Waals surface area (Å²) in [4.78, 5) is 0. The highest BCUT2D eigenvalue weighted by molar-refractivity contribution is 6.32. The van der Waals surface area contributed by atoms with Gasteiger partial charge in [-0.25, -0.2) is 4.39 Å². The van der Waals surface area contributed by atoms with Gasteiger partial charge in [-0.05, 0) is 36.4 Å². The fourth-order valence-corrected chi connectivity index (χ4v) is 1.93. The van der Waals surface area contributed by atoms with Crippen LogP contribution in [0.25, 0.3) is 0 Å². The zero-order valence-electron chi connectivity index (χ0n) is 10.7. The molecule has 5 heteroatoms. The second kappa shape index (κ2) is 6.27. The topological polar surface area (TPSA) is 42.2 Å². The van der Waals surface area contributed by atoms with Crippen molar-refractivity contribution in [1.82, 2.24) is 0 Å². The van der Waals surface area contributed by atoms with E-state index in [1.165, 1.54) is 25.3 Å². The molecule has 0 fully saturated rings. The van der Waals surface area contributed by atoms with Gasteiger partial charge in [-0.1, -0.05) is 11.6 Å². The highest BCUT2D eigenvalue weighted by atomic mass is 35.5. The lowest BCUT2D eigenvalue weighted by molar-refractivity contribution is 0.296. The molecule has 102 valence electrons. The summed E-state index contributed by atoms with van der Waals surface area (Å²) >= 11 is 5.88. The molecule has 0 bridgehead atoms. The van der Waals surface area contributed by atoms with Crippen molar-refractivity contribution in [2.75, 3.05) is 7.11 Å². The van der Waals surface area contributed by atoms with Gasteiger partial charge in [0.1, 0.15) is 23.9 Å². The Morgan fingerprint density at radius 3 is 2.60 bits per heavy atom. The van der Waals surface area contributed by atoms with Crippen molar-refractivity contribution < 1.29 is 13.9 Å². The van der Waals surface area contributed by atoms with Gasteiger partial charge < -0.3 is 9.47 Å². The van der Waals surface area contributed by atoms with Gasteiger partial charge in [0.15, 0.2) is 0 Å². The van der Waals surface area contributed by atoms with Crippen molar-refractivity contribution in [2.45, 2.75) is 6.61 Å². The van der Waals surface area contributed by atoms with Crippen molar-refractivity contribution in [3.63, 3.8) is 0 Å². The van der Waals surface area contributed by atoms with Crippen molar-refractivity contribution in [1.29, 1.82) is 5.26 Å². The van der Waals surface area contributed by atoms with Crippen LogP contribution in [0.4, 0.5) is 4.39 Å². The summed E-state index contributed by atoms with van der Waals surface area (Å²) in [6.07, 6.45) is 0. The molecule has 0 saturated heterocycles. The third kappa shape index (κ3) is 3.19. The quantitative estimate of drug-likeness (QED) is 0.857. The first kappa shape index (κ1) is 14.2. The number of benzene rings is 2. The highest BCUT2D eigenvalue weighted by Crippen LogP contribution is 2.27. The Hall–Kier alpha value is -2.25. The second-order valence-electron chi connectivity index (χ2n) is 4.00. The molecule has 0 aliphatic rings. The van der Waals surface area contributed by atoms with Gasteiger partial charge in [0, 0.05) is 5.56 Å². The number of methoxy groups -OCH3 is 1. The van der Waals surface area contributed by atoms with Crippen LogP contribution in [0.3, 0.4) is 0 Å². The van der Waals surface area contributed by atoms with Gasteiger partial charge in [0.05, 0.1) is 23.8 Å². The molecule has 0 spiro atoms. The number of hydrogen-bond donors (Lipinski definition) is 0. The Kier molecular flexibility index (Phi) is 4.44. The van der Waals surface area contributed by atoms with E-state index in [2.05, 4.69) is 0 Å². The average molecular weight is 292 g/mol. The van der Waals surface area contributed by atoms with Gasteiger partial charge in [0.2, 0.25) is 0 Å². The molecular weight excluding hydrogens is 281 g/mol. The van der Waals surface area contributed by atoms with Crippen LogP contribution in [0.5, 0.6) is 11.5 Å². The highest BCUT2D eigenvalue weighted by Gasteiger charge is 2.08. The Labute approximate surface area is 121 Å². The molecule has 0 heterocycles. The third-order valence-corrected chi connectivity index (χ3v) is 2.98. The molecule has 0 unspecified atom stereocenters. The average Bonchev–Trinajstić information content (AvgIpc) is 2.46. The molecule has 0 aliphatic carbocycles. The van der Waals surface area contributed by atoms with Gasteiger partial charge in [-0.3, -0.25) is 0 Å². The summed E-state index contributed by atoms with van der Waals surface area (Å²) in [5.74, 6) is 0.561. The zero-order chi connectivity index (χ0) is 14.5. The maximum absolute atomic E-state index is 12.9. The van der Waals surface area contributed by atoms with Crippen LogP contribution >= 0.6 is 11.6 Å². The molecule has 20 heavy (non-hydrogen) atoms. The van der Waals surface area contributed by atoms with Crippen LogP contribution in [0, 0.1) is 17.1 Å². The molecule has 0 radical (unpaired) electrons. The summed E-state index contributed by atoms with van der Waals surface area (Å²) < 4.78 is 23.7. The van der Waals surface area contributed by atoms with Crippen molar-refractivity contribution in [3.05, 3.63) is 58.4 Å². The van der Waals surface area contributed by atoms with E-state index in [9.17, 15) is 4.39 Å². The monoisotopic (exact) mass is 291 g/mol. The molecule has 3 nitrogen and oxygen atoms in total. The Bertz CT molecular complexity index is 667. The predicted octanol–water partition coefficient (Wildman–Crippen LogP) is 3.94. The van der Waals surface area contributed by atoms with Crippen LogP contribution in [0.1, 0.15) is 11.1 Å². The van der Waals surface area contributed by atoms with Gasteiger partial charge >= 0.3 is 0 Å². The minimum Gasteiger partial charge on any atom is -0.496 e. The number of nitriles is 1. The molecule has 0 N–H and O–H groups in total. The van der Waals surface area contributed by atoms with E-state index < -0.39 is 5.82 Å². The van der Waals surface area contributed by atoms with Gasteiger partial charge in [-0.15, -0.1) is 0 Å². The third-order valence-electron chi connectivity index (χ3n) is 2.69. The standard InChI is InChI=1S/C15H11ClFNO2/c1-19-14-4-2-10(8-18)6-11(14)9-20-15-5-3-12(17)7-13(15)16/h2-7H,9H2,1H3. The molecule has 0 atom stereocenters. The van der Waals surface area contributed by atoms with E-state index in [1.807, 2.05) is 6.07 Å². The lowest BCUT2D eigenvalue weighted by Crippen LogP contribution is -2.00. The fourth-order valence-electron chi connectivity index (χ4n) is 1.71. The van der Waals surface area contributed by atoms with E-state index in [-0.39, 0.29) is 11.6 Å². The number of rotatable bonds is 4. The summed E-state index contributed by atoms with van der Waals surface area (Å²) in [7, 11) is 1.54. The lowest BCUT2D eigenvalue weighted by atomic mass is 10.1. The van der Waals surface area contributed by atoms with E-state index in [0.29, 0.717) is 22.6 Å². The van der Waals surface area contributed by atoms with Gasteiger partial charge in [0.25, 0.3) is 0 Å². The van der Waals surface area contributed by atoms with Crippen molar-refractivity contribution in [3.8, 4) is 17.6 Å². The number of nitrogens with zero attached hydrogens (tertiary/aromatic N) is 1. The van der Waals surface area contributed by atoms with E-state index in [0.717, 1.165) is 0 Å². The van der Waals surface area contributed by atoms with E-state index >= 15 is 0 Å². The Morgan fingerprint density at radius 2 is 1.95 bits per heavy atom. The van der Waals surface area contributed by atoms with E-state index in [4.69, 9.17) is 26.3 Å². The Balaban J connectivity index is 2.20. The van der Waals surface area contributed by atoms with Crippen LogP contribution < -0.4 is 9.47 Å². The number of ether oxygens (including phenoxy) is 2. The molecule has 0 aromatic heterocycles. The summed E-state index contributed by atoms with van der Waals surface area (Å²) in [5.41, 5.74) is 1.22.